The van der Waals surface area contributed by atoms with Gasteiger partial charge in [0.1, 0.15) is 11.2 Å². The van der Waals surface area contributed by atoms with Crippen LogP contribution in [0.1, 0.15) is 25.0 Å². The highest BCUT2D eigenvalue weighted by molar-refractivity contribution is 6.11. The van der Waals surface area contributed by atoms with Crippen molar-refractivity contribution in [3.8, 4) is 45.4 Å². The van der Waals surface area contributed by atoms with Crippen LogP contribution in [0.25, 0.3) is 67.4 Å². The summed E-state index contributed by atoms with van der Waals surface area (Å²) in [5.41, 5.74) is 8.80. The lowest BCUT2D eigenvalue weighted by molar-refractivity contribution is 0.669. The molecule has 0 unspecified atom stereocenters. The van der Waals surface area contributed by atoms with Crippen LogP contribution < -0.4 is 0 Å². The van der Waals surface area contributed by atoms with E-state index in [1.807, 2.05) is 85.1 Å². The van der Waals surface area contributed by atoms with E-state index in [1.54, 1.807) is 0 Å². The first kappa shape index (κ1) is 24.9. The maximum atomic E-state index is 6.44. The molecule has 3 heterocycles. The number of benzene rings is 4. The summed E-state index contributed by atoms with van der Waals surface area (Å²) in [6, 6.07) is 34.6. The molecule has 0 saturated heterocycles. The van der Waals surface area contributed by atoms with Gasteiger partial charge in [-0.15, -0.1) is 0 Å². The van der Waals surface area contributed by atoms with Gasteiger partial charge in [0.15, 0.2) is 17.5 Å². The van der Waals surface area contributed by atoms with E-state index < -0.39 is 0 Å². The fourth-order valence-electron chi connectivity index (χ4n) is 5.65. The average molecular weight is 533 g/mol. The molecule has 0 radical (unpaired) electrons. The van der Waals surface area contributed by atoms with Crippen molar-refractivity contribution in [2.24, 2.45) is 0 Å². The fourth-order valence-corrected chi connectivity index (χ4v) is 5.65. The molecule has 0 saturated carbocycles. The second-order valence-electron chi connectivity index (χ2n) is 10.0. The van der Waals surface area contributed by atoms with Crippen LogP contribution in [0.4, 0.5) is 0 Å². The lowest BCUT2D eigenvalue weighted by Crippen LogP contribution is -2.04. The molecular weight excluding hydrogens is 504 g/mol. The van der Waals surface area contributed by atoms with Gasteiger partial charge in [-0.3, -0.25) is 4.98 Å². The van der Waals surface area contributed by atoms with Crippen molar-refractivity contribution >= 4 is 21.9 Å². The third kappa shape index (κ3) is 4.36. The SMILES string of the molecule is CCc1cccnc1-c1c(-c2nc(-c3ccccc3)nc(-c3ccccc3)n2)cc2oc3ccccc3c2c1CC. The summed E-state index contributed by atoms with van der Waals surface area (Å²) in [6.07, 6.45) is 3.52. The van der Waals surface area contributed by atoms with E-state index in [0.717, 1.165) is 62.7 Å². The molecule has 7 rings (SSSR count). The normalized spacial score (nSPS) is 11.4. The number of furan rings is 1. The fraction of sp³-hybridized carbons (Fsp3) is 0.111. The van der Waals surface area contributed by atoms with E-state index in [-0.39, 0.29) is 0 Å². The third-order valence-corrected chi connectivity index (χ3v) is 7.57. The van der Waals surface area contributed by atoms with Gasteiger partial charge in [0, 0.05) is 39.2 Å². The Bertz CT molecular complexity index is 1960. The van der Waals surface area contributed by atoms with Crippen molar-refractivity contribution in [1.29, 1.82) is 0 Å². The molecule has 5 heteroatoms. The predicted octanol–water partition coefficient (Wildman–Crippen LogP) is 8.96. The summed E-state index contributed by atoms with van der Waals surface area (Å²) in [7, 11) is 0. The Kier molecular flexibility index (Phi) is 6.32. The number of para-hydroxylation sites is 1. The molecule has 5 nitrogen and oxygen atoms in total. The Morgan fingerprint density at radius 1 is 0.610 bits per heavy atom. The Morgan fingerprint density at radius 3 is 1.90 bits per heavy atom. The van der Waals surface area contributed by atoms with E-state index in [1.165, 1.54) is 11.1 Å². The molecule has 0 aliphatic carbocycles. The van der Waals surface area contributed by atoms with Gasteiger partial charge in [-0.1, -0.05) is 98.8 Å². The smallest absolute Gasteiger partial charge is 0.164 e. The molecule has 0 aliphatic heterocycles. The summed E-state index contributed by atoms with van der Waals surface area (Å²) in [4.78, 5) is 20.0. The maximum Gasteiger partial charge on any atom is 0.164 e. The first-order chi connectivity index (χ1) is 20.2. The minimum Gasteiger partial charge on any atom is -0.456 e. The van der Waals surface area contributed by atoms with Gasteiger partial charge < -0.3 is 4.42 Å². The van der Waals surface area contributed by atoms with Gasteiger partial charge in [-0.25, -0.2) is 15.0 Å². The molecule has 0 aliphatic rings. The first-order valence-corrected chi connectivity index (χ1v) is 14.0. The Morgan fingerprint density at radius 2 is 1.24 bits per heavy atom. The Hall–Kier alpha value is -5.16. The molecular formula is C36H28N4O. The molecule has 0 bridgehead atoms. The van der Waals surface area contributed by atoms with Gasteiger partial charge in [0.05, 0.1) is 5.69 Å². The van der Waals surface area contributed by atoms with Gasteiger partial charge in [-0.2, -0.15) is 0 Å². The van der Waals surface area contributed by atoms with Crippen LogP contribution >= 0.6 is 0 Å². The van der Waals surface area contributed by atoms with Crippen molar-refractivity contribution in [3.05, 3.63) is 120 Å². The Balaban J connectivity index is 1.61. The molecule has 41 heavy (non-hydrogen) atoms. The molecule has 0 N–H and O–H groups in total. The van der Waals surface area contributed by atoms with Gasteiger partial charge in [0.2, 0.25) is 0 Å². The van der Waals surface area contributed by atoms with Crippen LogP contribution in [0.3, 0.4) is 0 Å². The van der Waals surface area contributed by atoms with Crippen LogP contribution in [-0.2, 0) is 12.8 Å². The number of aromatic nitrogens is 4. The highest BCUT2D eigenvalue weighted by atomic mass is 16.3. The number of rotatable bonds is 6. The number of hydrogen-bond donors (Lipinski definition) is 0. The average Bonchev–Trinajstić information content (AvgIpc) is 3.43. The van der Waals surface area contributed by atoms with Crippen LogP contribution in [0.15, 0.2) is 114 Å². The molecule has 198 valence electrons. The number of nitrogens with zero attached hydrogens (tertiary/aromatic N) is 4. The summed E-state index contributed by atoms with van der Waals surface area (Å²) in [5.74, 6) is 1.84. The monoisotopic (exact) mass is 532 g/mol. The van der Waals surface area contributed by atoms with E-state index in [2.05, 4.69) is 38.1 Å². The van der Waals surface area contributed by atoms with E-state index in [4.69, 9.17) is 24.4 Å². The summed E-state index contributed by atoms with van der Waals surface area (Å²) in [5, 5.41) is 2.22. The largest absolute Gasteiger partial charge is 0.456 e. The second-order valence-corrected chi connectivity index (χ2v) is 10.0. The van der Waals surface area contributed by atoms with Crippen molar-refractivity contribution < 1.29 is 4.42 Å². The quantitative estimate of drug-likeness (QED) is 0.214. The highest BCUT2D eigenvalue weighted by Gasteiger charge is 2.24. The van der Waals surface area contributed by atoms with Gasteiger partial charge in [-0.05, 0) is 42.2 Å². The summed E-state index contributed by atoms with van der Waals surface area (Å²) in [6.45, 7) is 4.36. The van der Waals surface area contributed by atoms with Gasteiger partial charge >= 0.3 is 0 Å². The topological polar surface area (TPSA) is 64.7 Å². The van der Waals surface area contributed by atoms with Crippen molar-refractivity contribution in [1.82, 2.24) is 19.9 Å². The molecule has 0 atom stereocenters. The van der Waals surface area contributed by atoms with Crippen LogP contribution in [0, 0.1) is 0 Å². The van der Waals surface area contributed by atoms with Crippen molar-refractivity contribution in [2.75, 3.05) is 0 Å². The molecule has 0 fully saturated rings. The van der Waals surface area contributed by atoms with Crippen LogP contribution in [0.5, 0.6) is 0 Å². The summed E-state index contributed by atoms with van der Waals surface area (Å²) >= 11 is 0. The van der Waals surface area contributed by atoms with Crippen LogP contribution in [-0.4, -0.2) is 19.9 Å². The number of hydrogen-bond acceptors (Lipinski definition) is 5. The molecule has 0 amide bonds. The first-order valence-electron chi connectivity index (χ1n) is 14.0. The number of fused-ring (bicyclic) bond motifs is 3. The lowest BCUT2D eigenvalue weighted by Gasteiger charge is -2.17. The van der Waals surface area contributed by atoms with Crippen molar-refractivity contribution in [2.45, 2.75) is 26.7 Å². The van der Waals surface area contributed by atoms with Gasteiger partial charge in [0.25, 0.3) is 0 Å². The zero-order valence-electron chi connectivity index (χ0n) is 23.0. The van der Waals surface area contributed by atoms with Crippen LogP contribution in [0.2, 0.25) is 0 Å². The zero-order chi connectivity index (χ0) is 27.8. The zero-order valence-corrected chi connectivity index (χ0v) is 23.0. The number of pyridine rings is 1. The minimum absolute atomic E-state index is 0.595. The second kappa shape index (κ2) is 10.4. The van der Waals surface area contributed by atoms with E-state index in [9.17, 15) is 0 Å². The molecule has 0 spiro atoms. The third-order valence-electron chi connectivity index (χ3n) is 7.57. The standard InChI is InChI=1S/C36H28N4O/c1-3-23-18-13-21-37-33(23)32-26(4-2)31-27-19-11-12-20-29(27)41-30(31)22-28(32)36-39-34(24-14-7-5-8-15-24)38-35(40-36)25-16-9-6-10-17-25/h5-22H,3-4H2,1-2H3. The summed E-state index contributed by atoms with van der Waals surface area (Å²) < 4.78 is 6.44. The number of aryl methyl sites for hydroxylation is 2. The molecule has 7 aromatic rings. The predicted molar refractivity (Wildman–Crippen MR) is 165 cm³/mol. The highest BCUT2D eigenvalue weighted by Crippen LogP contribution is 2.43. The maximum absolute atomic E-state index is 6.44. The molecule has 4 aromatic carbocycles. The van der Waals surface area contributed by atoms with E-state index in [0.29, 0.717) is 17.5 Å². The minimum atomic E-state index is 0.595. The van der Waals surface area contributed by atoms with E-state index >= 15 is 0 Å². The lowest BCUT2D eigenvalue weighted by atomic mass is 9.89. The molecule has 3 aromatic heterocycles. The Labute approximate surface area is 238 Å². The van der Waals surface area contributed by atoms with Crippen molar-refractivity contribution in [3.63, 3.8) is 0 Å².